The second-order valence-electron chi connectivity index (χ2n) is 11.4. The molecule has 0 spiro atoms. The molecule has 0 bridgehead atoms. The summed E-state index contributed by atoms with van der Waals surface area (Å²) < 4.78 is 0. The lowest BCUT2D eigenvalue weighted by Gasteiger charge is -2.24. The Kier molecular flexibility index (Phi) is 9.10. The Labute approximate surface area is 288 Å². The van der Waals surface area contributed by atoms with E-state index in [4.69, 9.17) is 0 Å². The minimum atomic E-state index is 0.812. The Morgan fingerprint density at radius 2 is 0.696 bits per heavy atom. The van der Waals surface area contributed by atoms with Gasteiger partial charge in [-0.1, -0.05) is 196 Å². The highest BCUT2D eigenvalue weighted by atomic mass is 79.9. The van der Waals surface area contributed by atoms with Crippen molar-refractivity contribution < 1.29 is 0 Å². The summed E-state index contributed by atoms with van der Waals surface area (Å²) in [6.07, 6.45) is 0. The molecule has 0 aliphatic carbocycles. The SMILES string of the molecule is BrCc1ccc(CBr)c(-c2ccc(-c3cc(-c4ccccc4)c(-c4ccccc4)c(-c4ccccc4)c3-c3ccccc3)cc2)c1. The van der Waals surface area contributed by atoms with E-state index in [2.05, 4.69) is 202 Å². The second kappa shape index (κ2) is 13.9. The largest absolute Gasteiger partial charge is 0.0876 e. The Hall–Kier alpha value is -4.50. The van der Waals surface area contributed by atoms with Gasteiger partial charge in [0.15, 0.2) is 0 Å². The Bertz CT molecular complexity index is 2070. The minimum absolute atomic E-state index is 0.812. The van der Waals surface area contributed by atoms with Crippen LogP contribution in [0.25, 0.3) is 66.8 Å². The quantitative estimate of drug-likeness (QED) is 0.137. The highest BCUT2D eigenvalue weighted by Gasteiger charge is 2.23. The van der Waals surface area contributed by atoms with Crippen LogP contribution in [0, 0.1) is 0 Å². The van der Waals surface area contributed by atoms with E-state index in [-0.39, 0.29) is 0 Å². The van der Waals surface area contributed by atoms with Gasteiger partial charge in [-0.2, -0.15) is 0 Å². The first-order chi connectivity index (χ1) is 22.7. The fourth-order valence-electron chi connectivity index (χ4n) is 6.38. The number of alkyl halides is 2. The number of rotatable bonds is 8. The highest BCUT2D eigenvalue weighted by molar-refractivity contribution is 9.08. The maximum atomic E-state index is 3.71. The molecule has 7 rings (SSSR count). The Balaban J connectivity index is 1.56. The topological polar surface area (TPSA) is 0 Å². The van der Waals surface area contributed by atoms with Gasteiger partial charge in [0, 0.05) is 10.7 Å². The molecule has 0 nitrogen and oxygen atoms in total. The average Bonchev–Trinajstić information content (AvgIpc) is 3.15. The second-order valence-corrected chi connectivity index (χ2v) is 12.5. The Morgan fingerprint density at radius 3 is 1.13 bits per heavy atom. The monoisotopic (exact) mass is 718 g/mol. The molecular formula is C44H32Br2. The summed E-state index contributed by atoms with van der Waals surface area (Å²) in [6.45, 7) is 0. The van der Waals surface area contributed by atoms with E-state index in [1.54, 1.807) is 0 Å². The van der Waals surface area contributed by atoms with Gasteiger partial charge in [0.05, 0.1) is 0 Å². The van der Waals surface area contributed by atoms with E-state index >= 15 is 0 Å². The molecule has 0 amide bonds. The number of benzene rings is 7. The van der Waals surface area contributed by atoms with Gasteiger partial charge in [-0.15, -0.1) is 0 Å². The van der Waals surface area contributed by atoms with Crippen molar-refractivity contribution in [2.75, 3.05) is 0 Å². The van der Waals surface area contributed by atoms with Gasteiger partial charge in [-0.3, -0.25) is 0 Å². The van der Waals surface area contributed by atoms with Crippen molar-refractivity contribution in [2.45, 2.75) is 10.7 Å². The lowest BCUT2D eigenvalue weighted by Crippen LogP contribution is -1.98. The van der Waals surface area contributed by atoms with E-state index in [9.17, 15) is 0 Å². The van der Waals surface area contributed by atoms with Crippen LogP contribution in [0.1, 0.15) is 11.1 Å². The molecule has 0 aromatic heterocycles. The summed E-state index contributed by atoms with van der Waals surface area (Å²) in [4.78, 5) is 0. The molecule has 0 unspecified atom stereocenters. The van der Waals surface area contributed by atoms with Gasteiger partial charge < -0.3 is 0 Å². The first kappa shape index (κ1) is 30.2. The molecule has 0 radical (unpaired) electrons. The smallest absolute Gasteiger partial charge is 0.0289 e. The molecule has 0 atom stereocenters. The maximum Gasteiger partial charge on any atom is 0.0289 e. The van der Waals surface area contributed by atoms with Crippen molar-refractivity contribution in [1.82, 2.24) is 0 Å². The van der Waals surface area contributed by atoms with Crippen molar-refractivity contribution in [3.05, 3.63) is 181 Å². The molecular weight excluding hydrogens is 688 g/mol. The van der Waals surface area contributed by atoms with Gasteiger partial charge in [0.25, 0.3) is 0 Å². The van der Waals surface area contributed by atoms with E-state index in [1.165, 1.54) is 77.9 Å². The van der Waals surface area contributed by atoms with Crippen molar-refractivity contribution >= 4 is 31.9 Å². The number of hydrogen-bond acceptors (Lipinski definition) is 0. The Morgan fingerprint density at radius 1 is 0.304 bits per heavy atom. The normalized spacial score (nSPS) is 11.0. The summed E-state index contributed by atoms with van der Waals surface area (Å²) in [5.74, 6) is 0. The van der Waals surface area contributed by atoms with Gasteiger partial charge in [-0.05, 0) is 84.0 Å². The lowest BCUT2D eigenvalue weighted by molar-refractivity contribution is 1.36. The predicted molar refractivity (Wildman–Crippen MR) is 204 cm³/mol. The molecule has 0 heterocycles. The lowest BCUT2D eigenvalue weighted by atomic mass is 9.79. The molecule has 0 N–H and O–H groups in total. The van der Waals surface area contributed by atoms with Crippen molar-refractivity contribution in [2.24, 2.45) is 0 Å². The van der Waals surface area contributed by atoms with Gasteiger partial charge >= 0.3 is 0 Å². The van der Waals surface area contributed by atoms with Crippen LogP contribution in [-0.2, 0) is 10.7 Å². The fraction of sp³-hybridized carbons (Fsp3) is 0.0455. The predicted octanol–water partition coefficient (Wildman–Crippen LogP) is 13.5. The standard InChI is InChI=1S/C44H32Br2/c45-29-31-21-22-38(30-46)39(27-31)33-23-25-34(26-24-33)41-28-40(32-13-5-1-6-14-32)42(35-15-7-2-8-16-35)44(37-19-11-4-12-20-37)43(41)36-17-9-3-10-18-36/h1-28H,29-30H2. The van der Waals surface area contributed by atoms with Gasteiger partial charge in [0.1, 0.15) is 0 Å². The molecule has 222 valence electrons. The summed E-state index contributed by atoms with van der Waals surface area (Å²) in [7, 11) is 0. The minimum Gasteiger partial charge on any atom is -0.0876 e. The van der Waals surface area contributed by atoms with E-state index in [1.807, 2.05) is 0 Å². The molecule has 0 fully saturated rings. The van der Waals surface area contributed by atoms with Crippen LogP contribution >= 0.6 is 31.9 Å². The van der Waals surface area contributed by atoms with Gasteiger partial charge in [0.2, 0.25) is 0 Å². The third kappa shape index (κ3) is 6.03. The van der Waals surface area contributed by atoms with E-state index in [0.717, 1.165) is 10.7 Å². The van der Waals surface area contributed by atoms with Crippen molar-refractivity contribution in [3.63, 3.8) is 0 Å². The van der Waals surface area contributed by atoms with Crippen LogP contribution in [0.3, 0.4) is 0 Å². The first-order valence-corrected chi connectivity index (χ1v) is 17.8. The summed E-state index contributed by atoms with van der Waals surface area (Å²) in [5, 5.41) is 1.64. The first-order valence-electron chi connectivity index (χ1n) is 15.5. The number of hydrogen-bond donors (Lipinski definition) is 0. The van der Waals surface area contributed by atoms with Crippen LogP contribution in [-0.4, -0.2) is 0 Å². The molecule has 7 aromatic rings. The van der Waals surface area contributed by atoms with E-state index < -0.39 is 0 Å². The molecule has 0 aliphatic rings. The molecule has 2 heteroatoms. The molecule has 0 aliphatic heterocycles. The zero-order chi connectivity index (χ0) is 31.3. The summed E-state index contributed by atoms with van der Waals surface area (Å²) in [5.41, 5.74) is 17.2. The summed E-state index contributed by atoms with van der Waals surface area (Å²) >= 11 is 7.36. The molecule has 7 aromatic carbocycles. The van der Waals surface area contributed by atoms with Crippen LogP contribution in [0.2, 0.25) is 0 Å². The van der Waals surface area contributed by atoms with Crippen LogP contribution in [0.15, 0.2) is 170 Å². The zero-order valence-electron chi connectivity index (χ0n) is 25.3. The third-order valence-corrected chi connectivity index (χ3v) is 9.83. The van der Waals surface area contributed by atoms with Crippen LogP contribution in [0.5, 0.6) is 0 Å². The number of halogens is 2. The molecule has 46 heavy (non-hydrogen) atoms. The fourth-order valence-corrected chi connectivity index (χ4v) is 7.22. The molecule has 0 saturated heterocycles. The van der Waals surface area contributed by atoms with Gasteiger partial charge in [-0.25, -0.2) is 0 Å². The van der Waals surface area contributed by atoms with Crippen molar-refractivity contribution in [3.8, 4) is 66.8 Å². The van der Waals surface area contributed by atoms with Crippen LogP contribution in [0.4, 0.5) is 0 Å². The average molecular weight is 721 g/mol. The maximum absolute atomic E-state index is 3.71. The highest BCUT2D eigenvalue weighted by Crippen LogP contribution is 2.50. The zero-order valence-corrected chi connectivity index (χ0v) is 28.5. The van der Waals surface area contributed by atoms with Crippen LogP contribution < -0.4 is 0 Å². The summed E-state index contributed by atoms with van der Waals surface area (Å²) in [6, 6.07) is 61.7. The third-order valence-electron chi connectivity index (χ3n) is 8.58. The van der Waals surface area contributed by atoms with Crippen molar-refractivity contribution in [1.29, 1.82) is 0 Å². The molecule has 0 saturated carbocycles. The van der Waals surface area contributed by atoms with E-state index in [0.29, 0.717) is 0 Å².